The molecule has 0 bridgehead atoms. The standard InChI is InChI=1S/C16H28N2O3/c1-4-16(5-2,20-6-3)15-17-14(21-18-15)11-13(19)12-9-7-8-10-12/h12-13,19H,4-11H2,1-3H3. The van der Waals surface area contributed by atoms with Gasteiger partial charge in [-0.2, -0.15) is 4.98 Å². The van der Waals surface area contributed by atoms with Crippen LogP contribution >= 0.6 is 0 Å². The van der Waals surface area contributed by atoms with E-state index in [2.05, 4.69) is 24.0 Å². The van der Waals surface area contributed by atoms with Gasteiger partial charge in [0.25, 0.3) is 0 Å². The first-order valence-corrected chi connectivity index (χ1v) is 8.30. The van der Waals surface area contributed by atoms with Gasteiger partial charge in [0.1, 0.15) is 5.60 Å². The third-order valence-electron chi connectivity index (χ3n) is 4.77. The molecule has 1 aromatic heterocycles. The number of aliphatic hydroxyl groups is 1. The Morgan fingerprint density at radius 3 is 2.52 bits per heavy atom. The van der Waals surface area contributed by atoms with Crippen molar-refractivity contribution in [2.45, 2.75) is 77.4 Å². The van der Waals surface area contributed by atoms with E-state index in [4.69, 9.17) is 9.26 Å². The van der Waals surface area contributed by atoms with E-state index < -0.39 is 5.60 Å². The minimum absolute atomic E-state index is 0.370. The van der Waals surface area contributed by atoms with Gasteiger partial charge in [-0.3, -0.25) is 0 Å². The van der Waals surface area contributed by atoms with Crippen LogP contribution < -0.4 is 0 Å². The van der Waals surface area contributed by atoms with Crippen LogP contribution in [-0.4, -0.2) is 28.0 Å². The van der Waals surface area contributed by atoms with Crippen LogP contribution in [0.4, 0.5) is 0 Å². The van der Waals surface area contributed by atoms with Crippen molar-refractivity contribution in [1.82, 2.24) is 10.1 Å². The van der Waals surface area contributed by atoms with Crippen molar-refractivity contribution >= 4 is 0 Å². The molecule has 1 N–H and O–H groups in total. The zero-order chi connectivity index (χ0) is 15.3. The molecule has 0 saturated heterocycles. The Balaban J connectivity index is 2.05. The second-order valence-electron chi connectivity index (χ2n) is 5.96. The molecule has 0 aliphatic heterocycles. The molecule has 5 heteroatoms. The quantitative estimate of drug-likeness (QED) is 0.797. The van der Waals surface area contributed by atoms with E-state index in [1.165, 1.54) is 12.8 Å². The van der Waals surface area contributed by atoms with Gasteiger partial charge in [-0.1, -0.05) is 31.8 Å². The Morgan fingerprint density at radius 1 is 1.29 bits per heavy atom. The molecule has 0 radical (unpaired) electrons. The van der Waals surface area contributed by atoms with E-state index in [0.717, 1.165) is 25.7 Å². The molecule has 120 valence electrons. The zero-order valence-electron chi connectivity index (χ0n) is 13.5. The summed E-state index contributed by atoms with van der Waals surface area (Å²) in [5.41, 5.74) is -0.463. The molecular formula is C16H28N2O3. The van der Waals surface area contributed by atoms with Crippen LogP contribution in [0.15, 0.2) is 4.52 Å². The third-order valence-corrected chi connectivity index (χ3v) is 4.77. The fourth-order valence-electron chi connectivity index (χ4n) is 3.32. The molecular weight excluding hydrogens is 268 g/mol. The molecule has 1 aliphatic carbocycles. The van der Waals surface area contributed by atoms with Crippen LogP contribution in [0.2, 0.25) is 0 Å². The van der Waals surface area contributed by atoms with E-state index >= 15 is 0 Å². The number of ether oxygens (including phenoxy) is 1. The molecule has 0 amide bonds. The highest BCUT2D eigenvalue weighted by atomic mass is 16.5. The fraction of sp³-hybridized carbons (Fsp3) is 0.875. The number of hydrogen-bond acceptors (Lipinski definition) is 5. The first-order chi connectivity index (χ1) is 10.1. The number of aromatic nitrogens is 2. The molecule has 0 spiro atoms. The smallest absolute Gasteiger partial charge is 0.229 e. The van der Waals surface area contributed by atoms with Crippen molar-refractivity contribution in [3.63, 3.8) is 0 Å². The minimum Gasteiger partial charge on any atom is -0.392 e. The van der Waals surface area contributed by atoms with E-state index in [1.54, 1.807) is 0 Å². The molecule has 1 saturated carbocycles. The fourth-order valence-corrected chi connectivity index (χ4v) is 3.32. The predicted molar refractivity (Wildman–Crippen MR) is 79.9 cm³/mol. The Kier molecular flexibility index (Phi) is 5.76. The first-order valence-electron chi connectivity index (χ1n) is 8.30. The van der Waals surface area contributed by atoms with Crippen LogP contribution in [0.3, 0.4) is 0 Å². The second kappa shape index (κ2) is 7.36. The van der Waals surface area contributed by atoms with Gasteiger partial charge in [0.2, 0.25) is 11.7 Å². The maximum absolute atomic E-state index is 10.3. The summed E-state index contributed by atoms with van der Waals surface area (Å²) in [6, 6.07) is 0. The average molecular weight is 296 g/mol. The Bertz CT molecular complexity index is 423. The maximum atomic E-state index is 10.3. The average Bonchev–Trinajstić information content (AvgIpc) is 3.16. The summed E-state index contributed by atoms with van der Waals surface area (Å²) < 4.78 is 11.2. The third kappa shape index (κ3) is 3.64. The van der Waals surface area contributed by atoms with Gasteiger partial charge in [-0.15, -0.1) is 0 Å². The number of rotatable bonds is 8. The normalized spacial score (nSPS) is 18.3. The Hall–Kier alpha value is -0.940. The summed E-state index contributed by atoms with van der Waals surface area (Å²) in [4.78, 5) is 4.49. The molecule has 1 atom stereocenters. The van der Waals surface area contributed by atoms with Crippen molar-refractivity contribution in [3.05, 3.63) is 11.7 Å². The lowest BCUT2D eigenvalue weighted by Crippen LogP contribution is -2.30. The van der Waals surface area contributed by atoms with Crippen LogP contribution in [0, 0.1) is 5.92 Å². The summed E-state index contributed by atoms with van der Waals surface area (Å²) in [7, 11) is 0. The molecule has 21 heavy (non-hydrogen) atoms. The zero-order valence-corrected chi connectivity index (χ0v) is 13.5. The van der Waals surface area contributed by atoms with Crippen LogP contribution in [-0.2, 0) is 16.8 Å². The Morgan fingerprint density at radius 2 is 1.95 bits per heavy atom. The maximum Gasteiger partial charge on any atom is 0.229 e. The summed E-state index contributed by atoms with van der Waals surface area (Å²) >= 11 is 0. The molecule has 1 heterocycles. The van der Waals surface area contributed by atoms with Gasteiger partial charge in [-0.25, -0.2) is 0 Å². The van der Waals surface area contributed by atoms with Gasteiger partial charge in [0.05, 0.1) is 12.5 Å². The van der Waals surface area contributed by atoms with Crippen molar-refractivity contribution in [2.75, 3.05) is 6.61 Å². The van der Waals surface area contributed by atoms with Crippen LogP contribution in [0.5, 0.6) is 0 Å². The summed E-state index contributed by atoms with van der Waals surface area (Å²) in [6.07, 6.45) is 6.34. The first kappa shape index (κ1) is 16.4. The van der Waals surface area contributed by atoms with E-state index in [0.29, 0.717) is 30.7 Å². The lowest BCUT2D eigenvalue weighted by Gasteiger charge is -2.27. The predicted octanol–water partition coefficient (Wildman–Crippen LogP) is 3.22. The topological polar surface area (TPSA) is 68.4 Å². The van der Waals surface area contributed by atoms with Gasteiger partial charge < -0.3 is 14.4 Å². The highest BCUT2D eigenvalue weighted by Crippen LogP contribution is 2.32. The number of hydrogen-bond donors (Lipinski definition) is 1. The van der Waals surface area contributed by atoms with Gasteiger partial charge in [-0.05, 0) is 38.5 Å². The highest BCUT2D eigenvalue weighted by Gasteiger charge is 2.35. The molecule has 5 nitrogen and oxygen atoms in total. The van der Waals surface area contributed by atoms with Gasteiger partial charge in [0, 0.05) is 6.61 Å². The monoisotopic (exact) mass is 296 g/mol. The highest BCUT2D eigenvalue weighted by molar-refractivity contribution is 5.02. The molecule has 1 aliphatic rings. The summed E-state index contributed by atoms with van der Waals surface area (Å²) in [6.45, 7) is 6.74. The number of nitrogens with zero attached hydrogens (tertiary/aromatic N) is 2. The van der Waals surface area contributed by atoms with Crippen LogP contribution in [0.25, 0.3) is 0 Å². The van der Waals surface area contributed by atoms with Crippen molar-refractivity contribution in [1.29, 1.82) is 0 Å². The van der Waals surface area contributed by atoms with Crippen molar-refractivity contribution in [2.24, 2.45) is 5.92 Å². The summed E-state index contributed by atoms with van der Waals surface area (Å²) in [5, 5.41) is 14.4. The van der Waals surface area contributed by atoms with Crippen molar-refractivity contribution < 1.29 is 14.4 Å². The largest absolute Gasteiger partial charge is 0.392 e. The molecule has 1 aromatic rings. The molecule has 0 aromatic carbocycles. The minimum atomic E-state index is -0.463. The van der Waals surface area contributed by atoms with Crippen LogP contribution in [0.1, 0.15) is 71.0 Å². The van der Waals surface area contributed by atoms with Crippen molar-refractivity contribution in [3.8, 4) is 0 Å². The molecule has 1 unspecified atom stereocenters. The second-order valence-corrected chi connectivity index (χ2v) is 5.96. The van der Waals surface area contributed by atoms with Gasteiger partial charge in [0.15, 0.2) is 0 Å². The lowest BCUT2D eigenvalue weighted by atomic mass is 9.96. The molecule has 2 rings (SSSR count). The molecule has 1 fully saturated rings. The SMILES string of the molecule is CCOC(CC)(CC)c1noc(CC(O)C2CCCC2)n1. The van der Waals surface area contributed by atoms with E-state index in [9.17, 15) is 5.11 Å². The number of aliphatic hydroxyl groups excluding tert-OH is 1. The lowest BCUT2D eigenvalue weighted by molar-refractivity contribution is -0.0583. The van der Waals surface area contributed by atoms with E-state index in [1.807, 2.05) is 6.92 Å². The van der Waals surface area contributed by atoms with Gasteiger partial charge >= 0.3 is 0 Å². The summed E-state index contributed by atoms with van der Waals surface area (Å²) in [5.74, 6) is 1.52. The Labute approximate surface area is 127 Å². The van der Waals surface area contributed by atoms with E-state index in [-0.39, 0.29) is 6.10 Å².